The molecule has 1 heterocycles. The van der Waals surface area contributed by atoms with Gasteiger partial charge in [-0.1, -0.05) is 24.6 Å². The molecule has 144 valence electrons. The molecule has 1 saturated heterocycles. The number of benzene rings is 2. The van der Waals surface area contributed by atoms with Gasteiger partial charge in [-0.2, -0.15) is 0 Å². The maximum Gasteiger partial charge on any atom is 0.311 e. The first-order chi connectivity index (χ1) is 13.5. The Labute approximate surface area is 163 Å². The molecule has 2 N–H and O–H groups in total. The number of likely N-dealkylation sites (tertiary alicyclic amines) is 1. The first kappa shape index (κ1) is 18.2. The number of carbonyl (C=O) groups is 3. The summed E-state index contributed by atoms with van der Waals surface area (Å²) in [7, 11) is 0. The lowest BCUT2D eigenvalue weighted by Crippen LogP contribution is -2.37. The van der Waals surface area contributed by atoms with E-state index in [9.17, 15) is 19.5 Å². The van der Waals surface area contributed by atoms with Crippen LogP contribution in [-0.4, -0.2) is 40.9 Å². The molecule has 4 rings (SSSR count). The number of fused-ring (bicyclic) bond motifs is 1. The molecule has 0 bridgehead atoms. The highest BCUT2D eigenvalue weighted by atomic mass is 16.4. The zero-order valence-corrected chi connectivity index (χ0v) is 15.4. The Balaban J connectivity index is 1.44. The van der Waals surface area contributed by atoms with E-state index in [0.717, 1.165) is 12.8 Å². The second-order valence-corrected chi connectivity index (χ2v) is 7.63. The van der Waals surface area contributed by atoms with Crippen molar-refractivity contribution in [2.24, 2.45) is 11.3 Å². The lowest BCUT2D eigenvalue weighted by molar-refractivity contribution is -0.149. The van der Waals surface area contributed by atoms with Crippen LogP contribution in [0, 0.1) is 11.3 Å². The van der Waals surface area contributed by atoms with Gasteiger partial charge in [0.1, 0.15) is 0 Å². The molecule has 0 unspecified atom stereocenters. The molecule has 6 nitrogen and oxygen atoms in total. The van der Waals surface area contributed by atoms with Crippen LogP contribution in [0.4, 0.5) is 5.69 Å². The number of carboxylic acids is 1. The maximum absolute atomic E-state index is 12.8. The zero-order chi connectivity index (χ0) is 19.7. The van der Waals surface area contributed by atoms with Crippen molar-refractivity contribution in [3.63, 3.8) is 0 Å². The standard InChI is InChI=1S/C22H22N2O4/c25-19(15-5-2-1-3-6-15)23-18-10-8-16(9-11-18)20(26)24-13-17-7-4-12-22(17,14-24)21(27)28/h1-3,5-6,8-11,17H,4,7,12-14H2,(H,23,25)(H,27,28)/t17-,22+/m0/s1. The SMILES string of the molecule is O=C(Nc1ccc(C(=O)N2C[C@@H]3CCC[C@@]3(C(=O)O)C2)cc1)c1ccccc1. The Bertz CT molecular complexity index is 910. The highest BCUT2D eigenvalue weighted by Gasteiger charge is 2.55. The average Bonchev–Trinajstić information content (AvgIpc) is 3.27. The second kappa shape index (κ2) is 7.11. The van der Waals surface area contributed by atoms with Gasteiger partial charge in [-0.3, -0.25) is 14.4 Å². The minimum absolute atomic E-state index is 0.0402. The Hall–Kier alpha value is -3.15. The number of carboxylic acid groups (broad SMARTS) is 1. The second-order valence-electron chi connectivity index (χ2n) is 7.63. The molecule has 1 aliphatic carbocycles. The lowest BCUT2D eigenvalue weighted by atomic mass is 9.81. The normalized spacial score (nSPS) is 23.3. The van der Waals surface area contributed by atoms with Gasteiger partial charge in [-0.05, 0) is 55.2 Å². The molecule has 28 heavy (non-hydrogen) atoms. The number of anilines is 1. The fraction of sp³-hybridized carbons (Fsp3) is 0.318. The Morgan fingerprint density at radius 2 is 1.71 bits per heavy atom. The van der Waals surface area contributed by atoms with Gasteiger partial charge < -0.3 is 15.3 Å². The molecule has 0 radical (unpaired) electrons. The molecule has 6 heteroatoms. The van der Waals surface area contributed by atoms with E-state index >= 15 is 0 Å². The van der Waals surface area contributed by atoms with E-state index in [-0.39, 0.29) is 24.3 Å². The molecule has 2 aliphatic rings. The van der Waals surface area contributed by atoms with Crippen molar-refractivity contribution in [1.29, 1.82) is 0 Å². The van der Waals surface area contributed by atoms with Crippen molar-refractivity contribution in [2.75, 3.05) is 18.4 Å². The van der Waals surface area contributed by atoms with E-state index in [1.807, 2.05) is 6.07 Å². The number of nitrogens with one attached hydrogen (secondary N) is 1. The van der Waals surface area contributed by atoms with Gasteiger partial charge in [0.15, 0.2) is 0 Å². The fourth-order valence-corrected chi connectivity index (χ4v) is 4.47. The minimum Gasteiger partial charge on any atom is -0.481 e. The van der Waals surface area contributed by atoms with E-state index in [4.69, 9.17) is 0 Å². The Kier molecular flexibility index (Phi) is 4.63. The van der Waals surface area contributed by atoms with Crippen LogP contribution in [0.2, 0.25) is 0 Å². The van der Waals surface area contributed by atoms with E-state index in [0.29, 0.717) is 29.8 Å². The number of hydrogen-bond donors (Lipinski definition) is 2. The third-order valence-electron chi connectivity index (χ3n) is 6.01. The van der Waals surface area contributed by atoms with Crippen molar-refractivity contribution in [3.05, 3.63) is 65.7 Å². The van der Waals surface area contributed by atoms with Crippen LogP contribution in [0.1, 0.15) is 40.0 Å². The van der Waals surface area contributed by atoms with Crippen LogP contribution < -0.4 is 5.32 Å². The summed E-state index contributed by atoms with van der Waals surface area (Å²) >= 11 is 0. The molecule has 2 aromatic carbocycles. The van der Waals surface area contributed by atoms with Crippen LogP contribution in [-0.2, 0) is 4.79 Å². The lowest BCUT2D eigenvalue weighted by Gasteiger charge is -2.23. The molecular formula is C22H22N2O4. The molecule has 2 atom stereocenters. The predicted octanol–water partition coefficient (Wildman–Crippen LogP) is 3.27. The van der Waals surface area contributed by atoms with E-state index < -0.39 is 11.4 Å². The fourth-order valence-electron chi connectivity index (χ4n) is 4.47. The van der Waals surface area contributed by atoms with Crippen LogP contribution in [0.25, 0.3) is 0 Å². The van der Waals surface area contributed by atoms with Gasteiger partial charge in [0.25, 0.3) is 11.8 Å². The van der Waals surface area contributed by atoms with E-state index in [1.165, 1.54) is 0 Å². The minimum atomic E-state index is -0.788. The summed E-state index contributed by atoms with van der Waals surface area (Å²) in [5.41, 5.74) is 0.883. The predicted molar refractivity (Wildman–Crippen MR) is 104 cm³/mol. The van der Waals surface area contributed by atoms with Gasteiger partial charge >= 0.3 is 5.97 Å². The quantitative estimate of drug-likeness (QED) is 0.855. The number of hydrogen-bond acceptors (Lipinski definition) is 3. The van der Waals surface area contributed by atoms with Gasteiger partial charge in [0.2, 0.25) is 0 Å². The number of carbonyl (C=O) groups excluding carboxylic acids is 2. The molecule has 2 amide bonds. The number of rotatable bonds is 4. The molecule has 0 aromatic heterocycles. The van der Waals surface area contributed by atoms with Crippen LogP contribution in [0.15, 0.2) is 54.6 Å². The number of aliphatic carboxylic acids is 1. The molecule has 0 spiro atoms. The first-order valence-corrected chi connectivity index (χ1v) is 9.49. The van der Waals surface area contributed by atoms with Gasteiger partial charge in [0, 0.05) is 29.9 Å². The number of amides is 2. The summed E-state index contributed by atoms with van der Waals surface area (Å²) in [6.45, 7) is 0.774. The van der Waals surface area contributed by atoms with Gasteiger partial charge in [-0.25, -0.2) is 0 Å². The molecule has 2 aromatic rings. The van der Waals surface area contributed by atoms with E-state index in [1.54, 1.807) is 53.4 Å². The highest BCUT2D eigenvalue weighted by molar-refractivity contribution is 6.04. The highest BCUT2D eigenvalue weighted by Crippen LogP contribution is 2.49. The van der Waals surface area contributed by atoms with Crippen molar-refractivity contribution in [3.8, 4) is 0 Å². The largest absolute Gasteiger partial charge is 0.481 e. The van der Waals surface area contributed by atoms with Crippen molar-refractivity contribution in [1.82, 2.24) is 4.90 Å². The molecule has 1 aliphatic heterocycles. The molecule has 1 saturated carbocycles. The van der Waals surface area contributed by atoms with Crippen molar-refractivity contribution < 1.29 is 19.5 Å². The van der Waals surface area contributed by atoms with Gasteiger partial charge in [-0.15, -0.1) is 0 Å². The Morgan fingerprint density at radius 1 is 1.00 bits per heavy atom. The first-order valence-electron chi connectivity index (χ1n) is 9.49. The summed E-state index contributed by atoms with van der Waals surface area (Å²) < 4.78 is 0. The Morgan fingerprint density at radius 3 is 2.36 bits per heavy atom. The molecule has 2 fully saturated rings. The third-order valence-corrected chi connectivity index (χ3v) is 6.01. The summed E-state index contributed by atoms with van der Waals surface area (Å²) in [6.07, 6.45) is 2.41. The van der Waals surface area contributed by atoms with Crippen molar-refractivity contribution >= 4 is 23.5 Å². The number of nitrogens with zero attached hydrogens (tertiary/aromatic N) is 1. The maximum atomic E-state index is 12.8. The molecular weight excluding hydrogens is 356 g/mol. The van der Waals surface area contributed by atoms with E-state index in [2.05, 4.69) is 5.32 Å². The third kappa shape index (κ3) is 3.15. The van der Waals surface area contributed by atoms with Crippen molar-refractivity contribution in [2.45, 2.75) is 19.3 Å². The smallest absolute Gasteiger partial charge is 0.311 e. The summed E-state index contributed by atoms with van der Waals surface area (Å²) in [6, 6.07) is 15.6. The van der Waals surface area contributed by atoms with Crippen LogP contribution in [0.5, 0.6) is 0 Å². The monoisotopic (exact) mass is 378 g/mol. The zero-order valence-electron chi connectivity index (χ0n) is 15.4. The summed E-state index contributed by atoms with van der Waals surface area (Å²) in [5.74, 6) is -1.12. The summed E-state index contributed by atoms with van der Waals surface area (Å²) in [4.78, 5) is 38.5. The summed E-state index contributed by atoms with van der Waals surface area (Å²) in [5, 5.41) is 12.5. The van der Waals surface area contributed by atoms with Crippen LogP contribution >= 0.6 is 0 Å². The average molecular weight is 378 g/mol. The topological polar surface area (TPSA) is 86.7 Å². The van der Waals surface area contributed by atoms with Gasteiger partial charge in [0.05, 0.1) is 5.41 Å². The van der Waals surface area contributed by atoms with Crippen LogP contribution in [0.3, 0.4) is 0 Å².